The number of nitrogens with one attached hydrogen (secondary N) is 1. The topological polar surface area (TPSA) is 32.9 Å². The van der Waals surface area contributed by atoms with E-state index in [1.165, 1.54) is 13.1 Å². The molecule has 2 aromatic rings. The third kappa shape index (κ3) is 1.22. The van der Waals surface area contributed by atoms with Crippen molar-refractivity contribution in [3.05, 3.63) is 35.8 Å². The van der Waals surface area contributed by atoms with Gasteiger partial charge in [0.15, 0.2) is 5.78 Å². The Morgan fingerprint density at radius 2 is 2.23 bits per heavy atom. The fourth-order valence-corrected chi connectivity index (χ4v) is 1.31. The number of aromatic amines is 1. The van der Waals surface area contributed by atoms with Crippen molar-refractivity contribution in [1.29, 1.82) is 0 Å². The molecule has 0 bridgehead atoms. The summed E-state index contributed by atoms with van der Waals surface area (Å²) in [5, 5.41) is 0.519. The third-order valence-corrected chi connectivity index (χ3v) is 2.04. The number of hydrogen-bond donors (Lipinski definition) is 1. The van der Waals surface area contributed by atoms with Gasteiger partial charge in [0.05, 0.1) is 0 Å². The maximum Gasteiger partial charge on any atom is 0.159 e. The van der Waals surface area contributed by atoms with Gasteiger partial charge in [0.25, 0.3) is 0 Å². The molecule has 1 heterocycles. The lowest BCUT2D eigenvalue weighted by atomic mass is 10.1. The summed E-state index contributed by atoms with van der Waals surface area (Å²) in [6.07, 6.45) is 1.29. The molecule has 0 spiro atoms. The quantitative estimate of drug-likeness (QED) is 0.667. The second kappa shape index (κ2) is 2.69. The van der Waals surface area contributed by atoms with Crippen LogP contribution in [0.15, 0.2) is 24.4 Å². The average molecular weight is 177 g/mol. The molecule has 0 unspecified atom stereocenters. The maximum atomic E-state index is 13.0. The molecule has 0 fully saturated rings. The molecular formula is C10H8FNO. The van der Waals surface area contributed by atoms with Crippen LogP contribution in [-0.2, 0) is 0 Å². The molecule has 1 aromatic heterocycles. The van der Waals surface area contributed by atoms with Gasteiger partial charge >= 0.3 is 0 Å². The van der Waals surface area contributed by atoms with Gasteiger partial charge in [-0.3, -0.25) is 4.79 Å². The highest BCUT2D eigenvalue weighted by molar-refractivity contribution is 5.97. The molecule has 0 saturated carbocycles. The smallest absolute Gasteiger partial charge is 0.159 e. The Balaban J connectivity index is 2.70. The lowest BCUT2D eigenvalue weighted by Gasteiger charge is -1.94. The average Bonchev–Trinajstić information content (AvgIpc) is 2.47. The molecule has 0 radical (unpaired) electrons. The number of carbonyl (C=O) groups is 1. The normalized spacial score (nSPS) is 10.6. The van der Waals surface area contributed by atoms with Crippen LogP contribution in [0.2, 0.25) is 0 Å². The molecule has 0 saturated heterocycles. The van der Waals surface area contributed by atoms with E-state index in [1.807, 2.05) is 0 Å². The summed E-state index contributed by atoms with van der Waals surface area (Å²) in [4.78, 5) is 13.7. The first-order valence-electron chi connectivity index (χ1n) is 3.96. The molecule has 1 aromatic carbocycles. The molecule has 66 valence electrons. The van der Waals surface area contributed by atoms with Crippen molar-refractivity contribution < 1.29 is 9.18 Å². The summed E-state index contributed by atoms with van der Waals surface area (Å²) in [7, 11) is 0. The molecule has 0 aliphatic carbocycles. The summed E-state index contributed by atoms with van der Waals surface area (Å²) in [5.74, 6) is -0.304. The van der Waals surface area contributed by atoms with Crippen LogP contribution in [-0.4, -0.2) is 10.8 Å². The zero-order chi connectivity index (χ0) is 9.42. The van der Waals surface area contributed by atoms with E-state index < -0.39 is 0 Å². The Hall–Kier alpha value is -1.64. The standard InChI is InChI=1S/C10H8FNO/c1-6(13)7-2-3-8-9(11)5-12-10(8)4-7/h2-5,12H,1H3. The highest BCUT2D eigenvalue weighted by Crippen LogP contribution is 2.18. The Morgan fingerprint density at radius 3 is 2.92 bits per heavy atom. The summed E-state index contributed by atoms with van der Waals surface area (Å²) < 4.78 is 13.0. The van der Waals surface area contributed by atoms with Crippen molar-refractivity contribution in [3.63, 3.8) is 0 Å². The second-order valence-corrected chi connectivity index (χ2v) is 2.95. The molecular weight excluding hydrogens is 169 g/mol. The number of H-pyrrole nitrogens is 1. The van der Waals surface area contributed by atoms with E-state index in [0.717, 1.165) is 0 Å². The largest absolute Gasteiger partial charge is 0.359 e. The number of aromatic nitrogens is 1. The molecule has 13 heavy (non-hydrogen) atoms. The minimum atomic E-state index is -0.287. The number of hydrogen-bond acceptors (Lipinski definition) is 1. The highest BCUT2D eigenvalue weighted by atomic mass is 19.1. The monoisotopic (exact) mass is 177 g/mol. The Kier molecular flexibility index (Phi) is 1.65. The first kappa shape index (κ1) is 7.98. The van der Waals surface area contributed by atoms with Crippen molar-refractivity contribution in [3.8, 4) is 0 Å². The zero-order valence-corrected chi connectivity index (χ0v) is 7.10. The van der Waals surface area contributed by atoms with E-state index in [9.17, 15) is 9.18 Å². The first-order chi connectivity index (χ1) is 6.18. The maximum absolute atomic E-state index is 13.0. The number of ketones is 1. The van der Waals surface area contributed by atoms with Crippen molar-refractivity contribution in [1.82, 2.24) is 4.98 Å². The Labute approximate surface area is 74.4 Å². The van der Waals surface area contributed by atoms with Crippen molar-refractivity contribution in [2.45, 2.75) is 6.92 Å². The van der Waals surface area contributed by atoms with Crippen LogP contribution in [0.4, 0.5) is 4.39 Å². The molecule has 1 N–H and O–H groups in total. The van der Waals surface area contributed by atoms with Crippen LogP contribution >= 0.6 is 0 Å². The molecule has 0 amide bonds. The molecule has 2 rings (SSSR count). The summed E-state index contributed by atoms with van der Waals surface area (Å²) >= 11 is 0. The van der Waals surface area contributed by atoms with Gasteiger partial charge in [-0.05, 0) is 19.1 Å². The van der Waals surface area contributed by atoms with Gasteiger partial charge in [-0.2, -0.15) is 0 Å². The van der Waals surface area contributed by atoms with Gasteiger partial charge < -0.3 is 4.98 Å². The molecule has 3 heteroatoms. The summed E-state index contributed by atoms with van der Waals surface area (Å²) in [6, 6.07) is 4.89. The van der Waals surface area contributed by atoms with E-state index in [2.05, 4.69) is 4.98 Å². The lowest BCUT2D eigenvalue weighted by Crippen LogP contribution is -1.90. The third-order valence-electron chi connectivity index (χ3n) is 2.04. The van der Waals surface area contributed by atoms with Crippen LogP contribution in [0.5, 0.6) is 0 Å². The van der Waals surface area contributed by atoms with Crippen molar-refractivity contribution in [2.24, 2.45) is 0 Å². The van der Waals surface area contributed by atoms with Crippen LogP contribution in [0.1, 0.15) is 17.3 Å². The highest BCUT2D eigenvalue weighted by Gasteiger charge is 2.05. The minimum absolute atomic E-state index is 0.0168. The van der Waals surface area contributed by atoms with E-state index in [1.54, 1.807) is 18.2 Å². The number of Topliss-reactive ketones (excluding diaryl/α,β-unsaturated/α-hetero) is 1. The number of benzene rings is 1. The van der Waals surface area contributed by atoms with Gasteiger partial charge in [-0.15, -0.1) is 0 Å². The Morgan fingerprint density at radius 1 is 1.46 bits per heavy atom. The van der Waals surface area contributed by atoms with Crippen molar-refractivity contribution >= 4 is 16.7 Å². The number of rotatable bonds is 1. The van der Waals surface area contributed by atoms with Gasteiger partial charge in [-0.25, -0.2) is 4.39 Å². The van der Waals surface area contributed by atoms with E-state index >= 15 is 0 Å². The molecule has 0 atom stereocenters. The number of fused-ring (bicyclic) bond motifs is 1. The molecule has 0 aliphatic rings. The predicted octanol–water partition coefficient (Wildman–Crippen LogP) is 2.51. The second-order valence-electron chi connectivity index (χ2n) is 2.95. The first-order valence-corrected chi connectivity index (χ1v) is 3.96. The van der Waals surface area contributed by atoms with E-state index in [4.69, 9.17) is 0 Å². The van der Waals surface area contributed by atoms with Gasteiger partial charge in [0.1, 0.15) is 5.82 Å². The van der Waals surface area contributed by atoms with Gasteiger partial charge in [-0.1, -0.05) is 6.07 Å². The molecule has 0 aliphatic heterocycles. The SMILES string of the molecule is CC(=O)c1ccc2c(F)c[nH]c2c1. The molecule has 2 nitrogen and oxygen atoms in total. The van der Waals surface area contributed by atoms with Crippen molar-refractivity contribution in [2.75, 3.05) is 0 Å². The van der Waals surface area contributed by atoms with Gasteiger partial charge in [0, 0.05) is 22.7 Å². The van der Waals surface area contributed by atoms with E-state index in [0.29, 0.717) is 16.5 Å². The van der Waals surface area contributed by atoms with Crippen LogP contribution in [0, 0.1) is 5.82 Å². The number of halogens is 1. The fraction of sp³-hybridized carbons (Fsp3) is 0.100. The lowest BCUT2D eigenvalue weighted by molar-refractivity contribution is 0.101. The van der Waals surface area contributed by atoms with Gasteiger partial charge in [0.2, 0.25) is 0 Å². The summed E-state index contributed by atoms with van der Waals surface area (Å²) in [5.41, 5.74) is 1.25. The van der Waals surface area contributed by atoms with Crippen LogP contribution < -0.4 is 0 Å². The Bertz CT molecular complexity index is 473. The van der Waals surface area contributed by atoms with E-state index in [-0.39, 0.29) is 11.6 Å². The summed E-state index contributed by atoms with van der Waals surface area (Å²) in [6.45, 7) is 1.49. The number of carbonyl (C=O) groups excluding carboxylic acids is 1. The van der Waals surface area contributed by atoms with Crippen LogP contribution in [0.25, 0.3) is 10.9 Å². The predicted molar refractivity (Wildman–Crippen MR) is 48.3 cm³/mol. The fourth-order valence-electron chi connectivity index (χ4n) is 1.31. The minimum Gasteiger partial charge on any atom is -0.359 e. The van der Waals surface area contributed by atoms with Crippen LogP contribution in [0.3, 0.4) is 0 Å². The zero-order valence-electron chi connectivity index (χ0n) is 7.10.